The maximum atomic E-state index is 13.2. The van der Waals surface area contributed by atoms with Crippen LogP contribution >= 0.6 is 0 Å². The van der Waals surface area contributed by atoms with Crippen molar-refractivity contribution >= 4 is 23.6 Å². The van der Waals surface area contributed by atoms with Gasteiger partial charge in [0, 0.05) is 68.5 Å². The first kappa shape index (κ1) is 22.9. The molecular weight excluding hydrogens is 444 g/mol. The van der Waals surface area contributed by atoms with E-state index < -0.39 is 0 Å². The molecule has 0 bridgehead atoms. The van der Waals surface area contributed by atoms with Gasteiger partial charge in [-0.1, -0.05) is 6.07 Å². The number of aliphatic imine (C=N–C) groups is 2. The van der Waals surface area contributed by atoms with Crippen LogP contribution < -0.4 is 10.1 Å². The van der Waals surface area contributed by atoms with Gasteiger partial charge in [0.15, 0.2) is 0 Å². The fourth-order valence-corrected chi connectivity index (χ4v) is 6.23. The summed E-state index contributed by atoms with van der Waals surface area (Å²) >= 11 is 0. The van der Waals surface area contributed by atoms with Crippen molar-refractivity contribution < 1.29 is 19.0 Å². The summed E-state index contributed by atoms with van der Waals surface area (Å²) in [6, 6.07) is 4.16. The van der Waals surface area contributed by atoms with E-state index in [0.717, 1.165) is 87.8 Å². The smallest absolute Gasteiger partial charge is 0.252 e. The zero-order chi connectivity index (χ0) is 23.8. The Hall–Kier alpha value is -2.55. The molecule has 1 N–H and O–H groups in total. The quantitative estimate of drug-likeness (QED) is 0.719. The molecule has 2 atom stereocenters. The number of methoxy groups -OCH3 is 1. The number of hydrogen-bond donors (Lipinski definition) is 1. The van der Waals surface area contributed by atoms with Gasteiger partial charge < -0.3 is 19.5 Å². The minimum absolute atomic E-state index is 0.0173. The molecule has 5 aliphatic rings. The molecule has 0 aromatic heterocycles. The zero-order valence-corrected chi connectivity index (χ0v) is 20.4. The van der Waals surface area contributed by atoms with Gasteiger partial charge in [-0.05, 0) is 49.3 Å². The van der Waals surface area contributed by atoms with Crippen LogP contribution in [0.1, 0.15) is 49.1 Å². The standard InChI is InChI=1S/C27H34N4O4/c1-33-22-3-2-20(18-5-11-34-12-6-18)25-21(22)15-23(29-25)30-26(32)19-4-9-28-24(14-19)31-10-7-27(16-31)8-13-35-17-27/h2-4,9,18,24H,5-8,10-17H2,1H3,(H,29,30,32)/t24?,27-/m0/s1. The number of fused-ring (bicyclic) bond motifs is 1. The Morgan fingerprint density at radius 3 is 2.89 bits per heavy atom. The van der Waals surface area contributed by atoms with Gasteiger partial charge in [-0.3, -0.25) is 14.7 Å². The molecule has 1 unspecified atom stereocenters. The molecule has 1 spiro atoms. The first-order chi connectivity index (χ1) is 17.1. The number of nitrogens with zero attached hydrogens (tertiary/aromatic N) is 3. The van der Waals surface area contributed by atoms with E-state index in [2.05, 4.69) is 16.3 Å². The number of ether oxygens (including phenoxy) is 3. The number of dihydropyridines is 1. The lowest BCUT2D eigenvalue weighted by Crippen LogP contribution is -2.39. The third-order valence-electron chi connectivity index (χ3n) is 8.30. The summed E-state index contributed by atoms with van der Waals surface area (Å²) in [6.07, 6.45) is 9.10. The molecule has 1 aromatic carbocycles. The number of nitrogens with one attached hydrogen (secondary N) is 1. The molecule has 8 nitrogen and oxygen atoms in total. The van der Waals surface area contributed by atoms with Crippen molar-refractivity contribution in [3.63, 3.8) is 0 Å². The largest absolute Gasteiger partial charge is 0.496 e. The van der Waals surface area contributed by atoms with E-state index in [1.54, 1.807) is 13.3 Å². The van der Waals surface area contributed by atoms with Crippen LogP contribution in [0.3, 0.4) is 0 Å². The molecule has 5 heterocycles. The normalized spacial score (nSPS) is 28.8. The Morgan fingerprint density at radius 2 is 2.09 bits per heavy atom. The predicted octanol–water partition coefficient (Wildman–Crippen LogP) is 3.13. The van der Waals surface area contributed by atoms with Crippen molar-refractivity contribution in [2.75, 3.05) is 46.6 Å². The first-order valence-corrected chi connectivity index (χ1v) is 12.8. The highest BCUT2D eigenvalue weighted by Gasteiger charge is 2.43. The highest BCUT2D eigenvalue weighted by atomic mass is 16.5. The maximum Gasteiger partial charge on any atom is 0.252 e. The van der Waals surface area contributed by atoms with Crippen molar-refractivity contribution in [3.05, 3.63) is 34.9 Å². The van der Waals surface area contributed by atoms with Crippen molar-refractivity contribution in [2.24, 2.45) is 15.4 Å². The summed E-state index contributed by atoms with van der Waals surface area (Å²) in [5.41, 5.74) is 4.29. The van der Waals surface area contributed by atoms with Crippen LogP contribution in [-0.2, 0) is 20.7 Å². The SMILES string of the molecule is COc1ccc(C2CCOCC2)c2c1CC(NC(=O)C1=CC=NC(N3CC[C@]4(CCOC4)C3)C1)=N2. The van der Waals surface area contributed by atoms with E-state index in [0.29, 0.717) is 24.6 Å². The highest BCUT2D eigenvalue weighted by molar-refractivity contribution is 6.10. The Bertz CT molecular complexity index is 1080. The number of likely N-dealkylation sites (tertiary alicyclic amines) is 1. The minimum Gasteiger partial charge on any atom is -0.496 e. The Morgan fingerprint density at radius 1 is 1.20 bits per heavy atom. The van der Waals surface area contributed by atoms with E-state index >= 15 is 0 Å². The lowest BCUT2D eigenvalue weighted by Gasteiger charge is -2.28. The fourth-order valence-electron chi connectivity index (χ4n) is 6.23. The lowest BCUT2D eigenvalue weighted by atomic mass is 9.87. The van der Waals surface area contributed by atoms with Gasteiger partial charge in [-0.15, -0.1) is 0 Å². The van der Waals surface area contributed by atoms with Crippen LogP contribution in [0.2, 0.25) is 0 Å². The van der Waals surface area contributed by atoms with Gasteiger partial charge in [0.2, 0.25) is 0 Å². The summed E-state index contributed by atoms with van der Waals surface area (Å²) in [5.74, 6) is 1.85. The molecule has 35 heavy (non-hydrogen) atoms. The van der Waals surface area contributed by atoms with Gasteiger partial charge in [0.05, 0.1) is 19.4 Å². The summed E-state index contributed by atoms with van der Waals surface area (Å²) in [6.45, 7) is 5.28. The average molecular weight is 479 g/mol. The number of allylic oxidation sites excluding steroid dienone is 1. The second-order valence-electron chi connectivity index (χ2n) is 10.5. The van der Waals surface area contributed by atoms with Crippen LogP contribution in [0.5, 0.6) is 5.75 Å². The number of benzene rings is 1. The summed E-state index contributed by atoms with van der Waals surface area (Å²) in [5, 5.41) is 3.10. The summed E-state index contributed by atoms with van der Waals surface area (Å²) in [4.78, 5) is 25.3. The van der Waals surface area contributed by atoms with Crippen LogP contribution in [0, 0.1) is 5.41 Å². The van der Waals surface area contributed by atoms with E-state index in [4.69, 9.17) is 24.2 Å². The summed E-state index contributed by atoms with van der Waals surface area (Å²) < 4.78 is 16.9. The van der Waals surface area contributed by atoms with Crippen LogP contribution in [0.25, 0.3) is 0 Å². The van der Waals surface area contributed by atoms with Crippen molar-refractivity contribution in [1.29, 1.82) is 0 Å². The number of carbonyl (C=O) groups is 1. The van der Waals surface area contributed by atoms with Gasteiger partial charge in [-0.25, -0.2) is 4.99 Å². The second kappa shape index (κ2) is 9.48. The van der Waals surface area contributed by atoms with Crippen LogP contribution in [-0.4, -0.2) is 75.6 Å². The molecule has 1 amide bonds. The molecule has 3 fully saturated rings. The third-order valence-corrected chi connectivity index (χ3v) is 8.30. The molecule has 0 saturated carbocycles. The van der Waals surface area contributed by atoms with Crippen LogP contribution in [0.4, 0.5) is 5.69 Å². The third kappa shape index (κ3) is 4.43. The van der Waals surface area contributed by atoms with E-state index in [-0.39, 0.29) is 17.5 Å². The predicted molar refractivity (Wildman–Crippen MR) is 134 cm³/mol. The zero-order valence-electron chi connectivity index (χ0n) is 20.4. The minimum atomic E-state index is -0.0857. The first-order valence-electron chi connectivity index (χ1n) is 12.8. The highest BCUT2D eigenvalue weighted by Crippen LogP contribution is 2.43. The fraction of sp³-hybridized carbons (Fsp3) is 0.593. The monoisotopic (exact) mass is 478 g/mol. The molecule has 5 aliphatic heterocycles. The molecule has 6 rings (SSSR count). The Labute approximate surface area is 206 Å². The molecule has 0 radical (unpaired) electrons. The number of rotatable bonds is 4. The maximum absolute atomic E-state index is 13.2. The number of hydrogen-bond acceptors (Lipinski definition) is 7. The van der Waals surface area contributed by atoms with Gasteiger partial charge in [0.25, 0.3) is 5.91 Å². The summed E-state index contributed by atoms with van der Waals surface area (Å²) in [7, 11) is 1.69. The average Bonchev–Trinajstić information content (AvgIpc) is 3.65. The molecule has 0 aliphatic carbocycles. The number of amides is 1. The molecule has 186 valence electrons. The topological polar surface area (TPSA) is 84.8 Å². The molecule has 8 heteroatoms. The molecule has 1 aromatic rings. The van der Waals surface area contributed by atoms with E-state index in [1.807, 2.05) is 12.1 Å². The van der Waals surface area contributed by atoms with E-state index in [1.165, 1.54) is 5.56 Å². The van der Waals surface area contributed by atoms with Gasteiger partial charge in [0.1, 0.15) is 17.8 Å². The van der Waals surface area contributed by atoms with Crippen molar-refractivity contribution in [3.8, 4) is 5.75 Å². The molecular formula is C27H34N4O4. The van der Waals surface area contributed by atoms with Gasteiger partial charge >= 0.3 is 0 Å². The van der Waals surface area contributed by atoms with Crippen molar-refractivity contribution in [2.45, 2.75) is 50.6 Å². The Balaban J connectivity index is 1.14. The number of amidine groups is 1. The molecule has 3 saturated heterocycles. The Kier molecular flexibility index (Phi) is 6.20. The van der Waals surface area contributed by atoms with Gasteiger partial charge in [-0.2, -0.15) is 0 Å². The second-order valence-corrected chi connectivity index (χ2v) is 10.5. The van der Waals surface area contributed by atoms with E-state index in [9.17, 15) is 4.79 Å². The van der Waals surface area contributed by atoms with Crippen molar-refractivity contribution in [1.82, 2.24) is 10.2 Å². The number of carbonyl (C=O) groups excluding carboxylic acids is 1. The lowest BCUT2D eigenvalue weighted by molar-refractivity contribution is -0.116. The van der Waals surface area contributed by atoms with Crippen LogP contribution in [0.15, 0.2) is 33.8 Å².